The molecular formula is C22H30O2Si. The fourth-order valence-electron chi connectivity index (χ4n) is 3.38. The Morgan fingerprint density at radius 1 is 0.960 bits per heavy atom. The molecule has 2 nitrogen and oxygen atoms in total. The van der Waals surface area contributed by atoms with Crippen LogP contribution < -0.4 is 10.4 Å². The molecule has 0 unspecified atom stereocenters. The van der Waals surface area contributed by atoms with Gasteiger partial charge in [-0.2, -0.15) is 0 Å². The summed E-state index contributed by atoms with van der Waals surface area (Å²) in [7, 11) is -2.43. The number of rotatable bonds is 7. The molecule has 0 saturated carbocycles. The first kappa shape index (κ1) is 19.6. The van der Waals surface area contributed by atoms with Gasteiger partial charge in [0.05, 0.1) is 6.61 Å². The number of aliphatic hydroxyl groups is 1. The summed E-state index contributed by atoms with van der Waals surface area (Å²) in [6.07, 6.45) is 2.69. The molecule has 0 heterocycles. The van der Waals surface area contributed by atoms with E-state index in [2.05, 4.69) is 81.4 Å². The van der Waals surface area contributed by atoms with Crippen molar-refractivity contribution in [2.24, 2.45) is 0 Å². The molecule has 134 valence electrons. The van der Waals surface area contributed by atoms with E-state index in [1.807, 2.05) is 13.0 Å². The Morgan fingerprint density at radius 3 is 1.84 bits per heavy atom. The van der Waals surface area contributed by atoms with Gasteiger partial charge in [0.2, 0.25) is 0 Å². The van der Waals surface area contributed by atoms with Gasteiger partial charge in [0.25, 0.3) is 8.32 Å². The summed E-state index contributed by atoms with van der Waals surface area (Å²) in [6, 6.07) is 21.4. The molecule has 0 aromatic heterocycles. The minimum atomic E-state index is -2.43. The number of benzene rings is 2. The number of aliphatic hydroxyl groups excluding tert-OH is 1. The highest BCUT2D eigenvalue weighted by atomic mass is 28.4. The molecule has 2 rings (SSSR count). The zero-order valence-corrected chi connectivity index (χ0v) is 16.8. The average Bonchev–Trinajstić information content (AvgIpc) is 2.59. The first-order chi connectivity index (χ1) is 11.9. The largest absolute Gasteiger partial charge is 0.407 e. The van der Waals surface area contributed by atoms with Crippen LogP contribution in [0.1, 0.15) is 34.1 Å². The Kier molecular flexibility index (Phi) is 6.76. The second-order valence-electron chi connectivity index (χ2n) is 7.49. The Bertz CT molecular complexity index is 633. The predicted octanol–water partition coefficient (Wildman–Crippen LogP) is 3.89. The van der Waals surface area contributed by atoms with E-state index in [-0.39, 0.29) is 11.6 Å². The van der Waals surface area contributed by atoms with E-state index < -0.39 is 8.32 Å². The minimum absolute atomic E-state index is 0.00427. The minimum Gasteiger partial charge on any atom is -0.407 e. The van der Waals surface area contributed by atoms with E-state index in [9.17, 15) is 0 Å². The monoisotopic (exact) mass is 354 g/mol. The van der Waals surface area contributed by atoms with E-state index in [4.69, 9.17) is 9.53 Å². The van der Waals surface area contributed by atoms with Gasteiger partial charge in [-0.1, -0.05) is 93.1 Å². The molecule has 2 aromatic carbocycles. The Morgan fingerprint density at radius 2 is 1.44 bits per heavy atom. The highest BCUT2D eigenvalue weighted by molar-refractivity contribution is 6.99. The smallest absolute Gasteiger partial charge is 0.261 e. The summed E-state index contributed by atoms with van der Waals surface area (Å²) in [4.78, 5) is 0. The van der Waals surface area contributed by atoms with Crippen molar-refractivity contribution in [1.82, 2.24) is 0 Å². The van der Waals surface area contributed by atoms with E-state index in [0.717, 1.165) is 6.42 Å². The Hall–Kier alpha value is -1.68. The van der Waals surface area contributed by atoms with Crippen LogP contribution in [0.2, 0.25) is 5.04 Å². The lowest BCUT2D eigenvalue weighted by Crippen LogP contribution is -2.66. The van der Waals surface area contributed by atoms with Gasteiger partial charge in [0.15, 0.2) is 0 Å². The van der Waals surface area contributed by atoms with Gasteiger partial charge in [0.1, 0.15) is 0 Å². The Balaban J connectivity index is 2.47. The van der Waals surface area contributed by atoms with Crippen molar-refractivity contribution in [2.75, 3.05) is 13.2 Å². The highest BCUT2D eigenvalue weighted by Crippen LogP contribution is 2.36. The maximum absolute atomic E-state index is 9.07. The van der Waals surface area contributed by atoms with Crippen molar-refractivity contribution >= 4 is 18.7 Å². The average molecular weight is 355 g/mol. The van der Waals surface area contributed by atoms with Crippen LogP contribution in [0.15, 0.2) is 72.3 Å². The van der Waals surface area contributed by atoms with Crippen molar-refractivity contribution < 1.29 is 9.53 Å². The third-order valence-corrected chi connectivity index (χ3v) is 9.71. The normalized spacial score (nSPS) is 13.1. The molecular weight excluding hydrogens is 324 g/mol. The molecule has 0 spiro atoms. The van der Waals surface area contributed by atoms with Crippen LogP contribution in [-0.4, -0.2) is 26.6 Å². The van der Waals surface area contributed by atoms with Crippen molar-refractivity contribution in [3.8, 4) is 0 Å². The van der Waals surface area contributed by atoms with Gasteiger partial charge >= 0.3 is 0 Å². The highest BCUT2D eigenvalue weighted by Gasteiger charge is 2.49. The summed E-state index contributed by atoms with van der Waals surface area (Å²) in [5.74, 6) is 0. The van der Waals surface area contributed by atoms with Crippen molar-refractivity contribution in [3.05, 3.63) is 72.3 Å². The molecule has 2 aromatic rings. The van der Waals surface area contributed by atoms with Gasteiger partial charge in [-0.15, -0.1) is 0 Å². The van der Waals surface area contributed by atoms with Gasteiger partial charge in [-0.25, -0.2) is 0 Å². The molecule has 0 atom stereocenters. The van der Waals surface area contributed by atoms with Crippen molar-refractivity contribution in [2.45, 2.75) is 39.2 Å². The molecule has 0 aliphatic carbocycles. The molecule has 25 heavy (non-hydrogen) atoms. The first-order valence-corrected chi connectivity index (χ1v) is 10.8. The lowest BCUT2D eigenvalue weighted by Gasteiger charge is -2.43. The lowest BCUT2D eigenvalue weighted by atomic mass is 10.2. The van der Waals surface area contributed by atoms with Crippen molar-refractivity contribution in [3.63, 3.8) is 0 Å². The second-order valence-corrected chi connectivity index (χ2v) is 11.8. The summed E-state index contributed by atoms with van der Waals surface area (Å²) >= 11 is 0. The molecule has 0 aliphatic rings. The second kappa shape index (κ2) is 8.61. The molecule has 0 fully saturated rings. The molecule has 0 radical (unpaired) electrons. The third kappa shape index (κ3) is 4.49. The third-order valence-electron chi connectivity index (χ3n) is 4.67. The molecule has 0 saturated heterocycles. The molecule has 0 aliphatic heterocycles. The maximum Gasteiger partial charge on any atom is 0.261 e. The van der Waals surface area contributed by atoms with Crippen LogP contribution in [0.25, 0.3) is 0 Å². The maximum atomic E-state index is 9.07. The van der Waals surface area contributed by atoms with Crippen LogP contribution in [0.5, 0.6) is 0 Å². The van der Waals surface area contributed by atoms with Crippen LogP contribution in [0.4, 0.5) is 0 Å². The summed E-state index contributed by atoms with van der Waals surface area (Å²) < 4.78 is 6.80. The standard InChI is InChI=1S/C22H30O2Si/c1-19(15-17-23)16-18-24-25(22(2,3)4,20-11-7-5-8-12-20)21-13-9-6-10-14-21/h5-15,23H,16-18H2,1-4H3. The summed E-state index contributed by atoms with van der Waals surface area (Å²) in [5, 5.41) is 11.7. The van der Waals surface area contributed by atoms with Crippen LogP contribution in [-0.2, 0) is 4.43 Å². The van der Waals surface area contributed by atoms with E-state index in [1.165, 1.54) is 15.9 Å². The number of hydrogen-bond donors (Lipinski definition) is 1. The zero-order chi connectivity index (χ0) is 18.3. The number of hydrogen-bond acceptors (Lipinski definition) is 2. The van der Waals surface area contributed by atoms with Gasteiger partial charge < -0.3 is 9.53 Å². The van der Waals surface area contributed by atoms with Crippen molar-refractivity contribution in [1.29, 1.82) is 0 Å². The molecule has 0 bridgehead atoms. The van der Waals surface area contributed by atoms with Crippen LogP contribution >= 0.6 is 0 Å². The fraction of sp³-hybridized carbons (Fsp3) is 0.364. The molecule has 3 heteroatoms. The molecule has 0 amide bonds. The zero-order valence-electron chi connectivity index (χ0n) is 15.8. The lowest BCUT2D eigenvalue weighted by molar-refractivity contribution is 0.300. The summed E-state index contributed by atoms with van der Waals surface area (Å²) in [6.45, 7) is 9.66. The van der Waals surface area contributed by atoms with Gasteiger partial charge in [0, 0.05) is 6.61 Å². The summed E-state index contributed by atoms with van der Waals surface area (Å²) in [5.41, 5.74) is 1.17. The predicted molar refractivity (Wildman–Crippen MR) is 109 cm³/mol. The topological polar surface area (TPSA) is 29.5 Å². The van der Waals surface area contributed by atoms with Crippen LogP contribution in [0, 0.1) is 0 Å². The molecule has 1 N–H and O–H groups in total. The van der Waals surface area contributed by atoms with Crippen LogP contribution in [0.3, 0.4) is 0 Å². The Labute approximate surface area is 153 Å². The quantitative estimate of drug-likeness (QED) is 0.604. The SMILES string of the molecule is CC(=CCO)CCO[Si](c1ccccc1)(c1ccccc1)C(C)(C)C. The van der Waals surface area contributed by atoms with Gasteiger partial charge in [-0.05, 0) is 28.8 Å². The van der Waals surface area contributed by atoms with Gasteiger partial charge in [-0.3, -0.25) is 0 Å². The fourth-order valence-corrected chi connectivity index (χ4v) is 7.95. The van der Waals surface area contributed by atoms with E-state index in [0.29, 0.717) is 6.61 Å². The van der Waals surface area contributed by atoms with E-state index in [1.54, 1.807) is 0 Å². The van der Waals surface area contributed by atoms with E-state index >= 15 is 0 Å². The first-order valence-electron chi connectivity index (χ1n) is 8.93.